The monoisotopic (exact) mass is 228 g/mol. The standard InChI is InChI=1S/C13H16N4/c1-16-7-11-9(5-13(16)3-4-13)12-10(17(11)2)6-14-8-15-12/h6,8,16-17H,1-5,7H2. The van der Waals surface area contributed by atoms with Gasteiger partial charge in [-0.2, -0.15) is 0 Å². The number of hydrogen-bond donors (Lipinski definition) is 2. The zero-order valence-electron chi connectivity index (χ0n) is 9.79. The van der Waals surface area contributed by atoms with Crippen LogP contribution in [-0.4, -0.2) is 22.1 Å². The first-order valence-electron chi connectivity index (χ1n) is 6.12. The second-order valence-electron chi connectivity index (χ2n) is 5.46. The van der Waals surface area contributed by atoms with Gasteiger partial charge in [-0.15, -0.1) is 14.1 Å². The number of nitrogens with zero attached hydrogens (tertiary/aromatic N) is 2. The third kappa shape index (κ3) is 1.14. The molecule has 4 nitrogen and oxygen atoms in total. The number of quaternary nitrogens is 2. The summed E-state index contributed by atoms with van der Waals surface area (Å²) in [5, 5.41) is 0. The van der Waals surface area contributed by atoms with Gasteiger partial charge in [0.2, 0.25) is 0 Å². The van der Waals surface area contributed by atoms with Crippen molar-refractivity contribution in [3.05, 3.63) is 38.0 Å². The van der Waals surface area contributed by atoms with E-state index >= 15 is 0 Å². The summed E-state index contributed by atoms with van der Waals surface area (Å²) < 4.78 is 0. The highest BCUT2D eigenvalue weighted by molar-refractivity contribution is 5.75. The van der Waals surface area contributed by atoms with Gasteiger partial charge in [0, 0.05) is 19.3 Å². The molecule has 1 aliphatic carbocycles. The average Bonchev–Trinajstić information content (AvgIpc) is 3.07. The lowest BCUT2D eigenvalue weighted by Crippen LogP contribution is -3.17. The first kappa shape index (κ1) is 9.74. The van der Waals surface area contributed by atoms with Crippen molar-refractivity contribution in [1.82, 2.24) is 9.97 Å². The predicted molar refractivity (Wildman–Crippen MR) is 62.7 cm³/mol. The van der Waals surface area contributed by atoms with E-state index in [0.29, 0.717) is 5.54 Å². The van der Waals surface area contributed by atoms with Gasteiger partial charge in [0.1, 0.15) is 24.3 Å². The maximum absolute atomic E-state index is 4.45. The van der Waals surface area contributed by atoms with Crippen LogP contribution in [-0.2, 0) is 0 Å². The molecule has 0 bridgehead atoms. The molecule has 1 fully saturated rings. The Kier molecular flexibility index (Phi) is 1.69. The van der Waals surface area contributed by atoms with E-state index in [4.69, 9.17) is 0 Å². The lowest BCUT2D eigenvalue weighted by molar-refractivity contribution is -0.906. The summed E-state index contributed by atoms with van der Waals surface area (Å²) in [4.78, 5) is 11.1. The van der Waals surface area contributed by atoms with Crippen molar-refractivity contribution in [2.45, 2.75) is 24.8 Å². The fourth-order valence-corrected chi connectivity index (χ4v) is 3.23. The van der Waals surface area contributed by atoms with Crippen LogP contribution in [0.15, 0.2) is 18.2 Å². The first-order valence-corrected chi connectivity index (χ1v) is 6.12. The topological polar surface area (TPSA) is 34.7 Å². The van der Waals surface area contributed by atoms with Crippen molar-refractivity contribution in [3.8, 4) is 0 Å². The number of hydrogen-bond acceptors (Lipinski definition) is 2. The Hall–Kier alpha value is -1.26. The molecular formula is C13H16N4. The first-order chi connectivity index (χ1) is 8.21. The molecule has 1 spiro atoms. The summed E-state index contributed by atoms with van der Waals surface area (Å²) in [7, 11) is 8.48. The average molecular weight is 228 g/mol. The van der Waals surface area contributed by atoms with E-state index in [1.165, 1.54) is 29.0 Å². The Morgan fingerprint density at radius 2 is 2.12 bits per heavy atom. The summed E-state index contributed by atoms with van der Waals surface area (Å²) in [5.41, 5.74) is 5.44. The molecule has 4 rings (SSSR count). The van der Waals surface area contributed by atoms with Crippen LogP contribution in [0, 0.1) is 14.1 Å². The molecule has 0 aromatic carbocycles. The van der Waals surface area contributed by atoms with E-state index in [9.17, 15) is 0 Å². The van der Waals surface area contributed by atoms with Crippen LogP contribution < -0.4 is 9.80 Å². The van der Waals surface area contributed by atoms with Gasteiger partial charge < -0.3 is 9.80 Å². The van der Waals surface area contributed by atoms with E-state index < -0.39 is 0 Å². The van der Waals surface area contributed by atoms with Crippen LogP contribution in [0.2, 0.25) is 0 Å². The SMILES string of the molecule is [CH2-][NH+]1C2=C(CC3(CC3)[NH+]([CH2-])C2)c2ncncc21. The van der Waals surface area contributed by atoms with Crippen LogP contribution in [0.25, 0.3) is 5.57 Å². The minimum atomic E-state index is 0.408. The molecule has 2 atom stereocenters. The summed E-state index contributed by atoms with van der Waals surface area (Å²) in [5.74, 6) is 0. The highest BCUT2D eigenvalue weighted by Gasteiger charge is 2.54. The molecule has 0 radical (unpaired) electrons. The summed E-state index contributed by atoms with van der Waals surface area (Å²) in [6, 6.07) is 0. The number of rotatable bonds is 0. The molecule has 1 aromatic rings. The van der Waals surface area contributed by atoms with Crippen LogP contribution in [0.4, 0.5) is 5.69 Å². The van der Waals surface area contributed by atoms with E-state index in [1.54, 1.807) is 6.33 Å². The fourth-order valence-electron chi connectivity index (χ4n) is 3.23. The summed E-state index contributed by atoms with van der Waals surface area (Å²) in [6.45, 7) is 0.991. The fraction of sp³-hybridized carbons (Fsp3) is 0.385. The molecule has 2 unspecified atom stereocenters. The van der Waals surface area contributed by atoms with Gasteiger partial charge in [0.25, 0.3) is 0 Å². The molecule has 1 saturated carbocycles. The van der Waals surface area contributed by atoms with Gasteiger partial charge >= 0.3 is 0 Å². The van der Waals surface area contributed by atoms with Crippen LogP contribution in [0.1, 0.15) is 25.0 Å². The van der Waals surface area contributed by atoms with E-state index in [-0.39, 0.29) is 0 Å². The normalized spacial score (nSPS) is 32.6. The van der Waals surface area contributed by atoms with Crippen LogP contribution in [0.3, 0.4) is 0 Å². The zero-order chi connectivity index (χ0) is 11.6. The highest BCUT2D eigenvalue weighted by Crippen LogP contribution is 2.44. The maximum atomic E-state index is 4.45. The van der Waals surface area contributed by atoms with Crippen LogP contribution in [0.5, 0.6) is 0 Å². The minimum absolute atomic E-state index is 0.408. The Bertz CT molecular complexity index is 530. The second-order valence-corrected chi connectivity index (χ2v) is 5.46. The molecule has 3 aliphatic rings. The predicted octanol–water partition coefficient (Wildman–Crippen LogP) is -0.878. The van der Waals surface area contributed by atoms with E-state index in [1.807, 2.05) is 6.20 Å². The third-order valence-corrected chi connectivity index (χ3v) is 4.56. The van der Waals surface area contributed by atoms with Gasteiger partial charge in [-0.05, 0) is 0 Å². The number of aromatic nitrogens is 2. The van der Waals surface area contributed by atoms with Crippen molar-refractivity contribution in [3.63, 3.8) is 0 Å². The zero-order valence-corrected chi connectivity index (χ0v) is 9.79. The third-order valence-electron chi connectivity index (χ3n) is 4.56. The molecule has 1 aromatic heterocycles. The molecular weight excluding hydrogens is 212 g/mol. The molecule has 2 N–H and O–H groups in total. The Morgan fingerprint density at radius 1 is 1.29 bits per heavy atom. The van der Waals surface area contributed by atoms with Crippen molar-refractivity contribution >= 4 is 11.3 Å². The van der Waals surface area contributed by atoms with Crippen molar-refractivity contribution in [2.24, 2.45) is 0 Å². The molecule has 88 valence electrons. The van der Waals surface area contributed by atoms with Gasteiger partial charge in [-0.1, -0.05) is 0 Å². The van der Waals surface area contributed by atoms with Crippen molar-refractivity contribution in [2.75, 3.05) is 6.54 Å². The van der Waals surface area contributed by atoms with Crippen molar-refractivity contribution < 1.29 is 9.80 Å². The Labute approximate surface area is 101 Å². The quantitative estimate of drug-likeness (QED) is 0.566. The largest absolute Gasteiger partial charge is 0.455 e. The Balaban J connectivity index is 1.85. The molecule has 4 heteroatoms. The van der Waals surface area contributed by atoms with Gasteiger partial charge in [0.15, 0.2) is 5.69 Å². The molecule has 3 heterocycles. The smallest absolute Gasteiger partial charge is 0.154 e. The molecule has 2 aliphatic heterocycles. The summed E-state index contributed by atoms with van der Waals surface area (Å²) in [6.07, 6.45) is 7.26. The van der Waals surface area contributed by atoms with Gasteiger partial charge in [-0.25, -0.2) is 9.97 Å². The van der Waals surface area contributed by atoms with E-state index in [2.05, 4.69) is 24.1 Å². The van der Waals surface area contributed by atoms with E-state index in [0.717, 1.165) is 29.2 Å². The lowest BCUT2D eigenvalue weighted by Gasteiger charge is -2.36. The second kappa shape index (κ2) is 2.94. The number of fused-ring (bicyclic) bond motifs is 2. The van der Waals surface area contributed by atoms with Crippen molar-refractivity contribution in [1.29, 1.82) is 0 Å². The maximum Gasteiger partial charge on any atom is 0.154 e. The number of nitrogens with one attached hydrogen (secondary N) is 2. The highest BCUT2D eigenvalue weighted by atomic mass is 15.3. The van der Waals surface area contributed by atoms with Crippen LogP contribution >= 0.6 is 0 Å². The summed E-state index contributed by atoms with van der Waals surface area (Å²) >= 11 is 0. The van der Waals surface area contributed by atoms with Gasteiger partial charge in [0.05, 0.1) is 17.3 Å². The molecule has 17 heavy (non-hydrogen) atoms. The Morgan fingerprint density at radius 3 is 2.88 bits per heavy atom. The van der Waals surface area contributed by atoms with Gasteiger partial charge in [-0.3, -0.25) is 0 Å². The molecule has 0 amide bonds. The molecule has 0 saturated heterocycles. The minimum Gasteiger partial charge on any atom is -0.455 e. The lowest BCUT2D eigenvalue weighted by atomic mass is 9.95.